The normalized spacial score (nSPS) is 10.5. The lowest BCUT2D eigenvalue weighted by Crippen LogP contribution is -2.22. The van der Waals surface area contributed by atoms with Crippen molar-refractivity contribution in [1.29, 1.82) is 0 Å². The van der Waals surface area contributed by atoms with Crippen LogP contribution in [0.25, 0.3) is 0 Å². The van der Waals surface area contributed by atoms with Gasteiger partial charge in [0.2, 0.25) is 0 Å². The number of carbonyl (C=O) groups is 1. The van der Waals surface area contributed by atoms with Crippen LogP contribution in [-0.4, -0.2) is 30.0 Å². The van der Waals surface area contributed by atoms with E-state index < -0.39 is 0 Å². The van der Waals surface area contributed by atoms with Crippen LogP contribution in [0.1, 0.15) is 20.4 Å². The zero-order valence-electron chi connectivity index (χ0n) is 10.9. The van der Waals surface area contributed by atoms with Crippen LogP contribution in [0.2, 0.25) is 0 Å². The van der Waals surface area contributed by atoms with Crippen molar-refractivity contribution in [1.82, 2.24) is 15.3 Å². The van der Waals surface area contributed by atoms with Gasteiger partial charge in [0.15, 0.2) is 5.13 Å². The summed E-state index contributed by atoms with van der Waals surface area (Å²) >= 11 is 2.84. The molecule has 0 unspecified atom stereocenters. The molecule has 6 nitrogen and oxygen atoms in total. The average molecular weight is 297 g/mol. The minimum atomic E-state index is -0.214. The molecule has 0 saturated heterocycles. The zero-order chi connectivity index (χ0) is 14.0. The van der Waals surface area contributed by atoms with Crippen LogP contribution in [0.5, 0.6) is 0 Å². The summed E-state index contributed by atoms with van der Waals surface area (Å²) in [5.74, 6) is 0.0504. The summed E-state index contributed by atoms with van der Waals surface area (Å²) in [6.45, 7) is 2.33. The number of aryl methyl sites for hydroxylation is 1. The predicted octanol–water partition coefficient (Wildman–Crippen LogP) is 1.49. The average Bonchev–Trinajstić information content (AvgIpc) is 2.92. The van der Waals surface area contributed by atoms with Crippen molar-refractivity contribution in [2.45, 2.75) is 13.5 Å². The maximum absolute atomic E-state index is 12.0. The molecule has 1 amide bonds. The third-order valence-electron chi connectivity index (χ3n) is 2.33. The Labute approximate surface area is 119 Å². The lowest BCUT2D eigenvalue weighted by molar-refractivity contribution is 0.0955. The van der Waals surface area contributed by atoms with Crippen LogP contribution in [0.4, 0.5) is 10.9 Å². The van der Waals surface area contributed by atoms with Crippen molar-refractivity contribution >= 4 is 39.5 Å². The summed E-state index contributed by atoms with van der Waals surface area (Å²) in [5.41, 5.74) is 6.60. The highest BCUT2D eigenvalue weighted by Gasteiger charge is 2.17. The molecule has 0 spiro atoms. The van der Waals surface area contributed by atoms with Gasteiger partial charge in [0.25, 0.3) is 5.91 Å². The van der Waals surface area contributed by atoms with Crippen LogP contribution < -0.4 is 16.0 Å². The first-order valence-electron chi connectivity index (χ1n) is 5.60. The van der Waals surface area contributed by atoms with E-state index in [2.05, 4.69) is 15.3 Å². The van der Waals surface area contributed by atoms with E-state index >= 15 is 0 Å². The molecule has 2 rings (SSSR count). The molecule has 2 aromatic rings. The van der Waals surface area contributed by atoms with Crippen molar-refractivity contribution in [2.75, 3.05) is 24.7 Å². The molecule has 102 valence electrons. The molecule has 2 aromatic heterocycles. The first-order valence-corrected chi connectivity index (χ1v) is 7.30. The van der Waals surface area contributed by atoms with Crippen molar-refractivity contribution in [2.24, 2.45) is 0 Å². The Bertz CT molecular complexity index is 590. The number of nitrogens with one attached hydrogen (secondary N) is 1. The highest BCUT2D eigenvalue weighted by molar-refractivity contribution is 7.18. The number of hydrogen-bond acceptors (Lipinski definition) is 7. The Morgan fingerprint density at radius 1 is 1.47 bits per heavy atom. The van der Waals surface area contributed by atoms with Gasteiger partial charge in [0, 0.05) is 19.5 Å². The zero-order valence-corrected chi connectivity index (χ0v) is 12.6. The van der Waals surface area contributed by atoms with E-state index in [1.807, 2.05) is 31.3 Å². The van der Waals surface area contributed by atoms with Crippen LogP contribution in [0, 0.1) is 6.92 Å². The van der Waals surface area contributed by atoms with E-state index in [0.717, 1.165) is 10.7 Å². The van der Waals surface area contributed by atoms with Gasteiger partial charge < -0.3 is 16.0 Å². The summed E-state index contributed by atoms with van der Waals surface area (Å²) in [5, 5.41) is 6.42. The molecule has 0 aromatic carbocycles. The van der Waals surface area contributed by atoms with E-state index in [0.29, 0.717) is 16.6 Å². The molecule has 0 bridgehead atoms. The summed E-state index contributed by atoms with van der Waals surface area (Å²) in [6.07, 6.45) is 0. The number of hydrogen-bond donors (Lipinski definition) is 2. The van der Waals surface area contributed by atoms with E-state index in [1.54, 1.807) is 11.3 Å². The minimum absolute atomic E-state index is 0.214. The summed E-state index contributed by atoms with van der Waals surface area (Å²) in [6, 6.07) is 0. The Balaban J connectivity index is 2.03. The van der Waals surface area contributed by atoms with E-state index in [-0.39, 0.29) is 11.7 Å². The van der Waals surface area contributed by atoms with Gasteiger partial charge >= 0.3 is 0 Å². The van der Waals surface area contributed by atoms with Crippen molar-refractivity contribution < 1.29 is 4.79 Å². The van der Waals surface area contributed by atoms with Crippen LogP contribution in [-0.2, 0) is 6.54 Å². The molecular formula is C11H15N5OS2. The molecule has 0 radical (unpaired) electrons. The minimum Gasteiger partial charge on any atom is -0.382 e. The number of nitrogens with zero attached hydrogens (tertiary/aromatic N) is 3. The topological polar surface area (TPSA) is 84.1 Å². The Morgan fingerprint density at radius 2 is 2.21 bits per heavy atom. The molecule has 0 atom stereocenters. The monoisotopic (exact) mass is 297 g/mol. The fourth-order valence-corrected chi connectivity index (χ4v) is 2.85. The molecule has 0 saturated carbocycles. The lowest BCUT2D eigenvalue weighted by Gasteiger charge is -2.05. The fourth-order valence-electron chi connectivity index (χ4n) is 1.41. The number of rotatable bonds is 4. The molecule has 0 aliphatic heterocycles. The maximum Gasteiger partial charge on any atom is 0.265 e. The van der Waals surface area contributed by atoms with Gasteiger partial charge in [-0.25, -0.2) is 9.97 Å². The van der Waals surface area contributed by atoms with Crippen LogP contribution >= 0.6 is 22.7 Å². The van der Waals surface area contributed by atoms with Gasteiger partial charge in [-0.1, -0.05) is 11.3 Å². The first-order chi connectivity index (χ1) is 8.97. The number of carbonyl (C=O) groups excluding carboxylic acids is 1. The molecule has 19 heavy (non-hydrogen) atoms. The van der Waals surface area contributed by atoms with Gasteiger partial charge in [0.05, 0.1) is 17.2 Å². The van der Waals surface area contributed by atoms with Crippen molar-refractivity contribution in [3.8, 4) is 0 Å². The van der Waals surface area contributed by atoms with Crippen LogP contribution in [0.3, 0.4) is 0 Å². The van der Waals surface area contributed by atoms with Gasteiger partial charge in [-0.2, -0.15) is 0 Å². The predicted molar refractivity (Wildman–Crippen MR) is 78.9 cm³/mol. The van der Waals surface area contributed by atoms with Gasteiger partial charge in [-0.15, -0.1) is 11.3 Å². The molecular weight excluding hydrogens is 282 g/mol. The number of nitrogen functional groups attached to an aromatic ring is 1. The van der Waals surface area contributed by atoms with Crippen LogP contribution in [0.15, 0.2) is 5.38 Å². The second kappa shape index (κ2) is 5.54. The number of thiazole rings is 2. The molecule has 0 aliphatic rings. The standard InChI is InChI=1S/C11H15N5OS2/c1-6-14-7(5-18-6)4-13-10(17)8-9(12)15-11(19-8)16(2)3/h5H,4,12H2,1-3H3,(H,13,17). The fraction of sp³-hybridized carbons (Fsp3) is 0.364. The smallest absolute Gasteiger partial charge is 0.265 e. The number of nitrogens with two attached hydrogens (primary N) is 1. The van der Waals surface area contributed by atoms with E-state index in [1.165, 1.54) is 11.3 Å². The summed E-state index contributed by atoms with van der Waals surface area (Å²) < 4.78 is 0. The second-order valence-electron chi connectivity index (χ2n) is 4.15. The molecule has 2 heterocycles. The Kier molecular flexibility index (Phi) is 4.01. The quantitative estimate of drug-likeness (QED) is 0.893. The number of aromatic nitrogens is 2. The molecule has 8 heteroatoms. The largest absolute Gasteiger partial charge is 0.382 e. The third kappa shape index (κ3) is 3.21. The van der Waals surface area contributed by atoms with Crippen molar-refractivity contribution in [3.63, 3.8) is 0 Å². The lowest BCUT2D eigenvalue weighted by atomic mass is 10.4. The van der Waals surface area contributed by atoms with Gasteiger partial charge in [-0.3, -0.25) is 4.79 Å². The van der Waals surface area contributed by atoms with Gasteiger partial charge in [-0.05, 0) is 6.92 Å². The summed E-state index contributed by atoms with van der Waals surface area (Å²) in [7, 11) is 3.72. The Hall–Kier alpha value is -1.67. The third-order valence-corrected chi connectivity index (χ3v) is 4.39. The SMILES string of the molecule is Cc1nc(CNC(=O)c2sc(N(C)C)nc2N)cs1. The van der Waals surface area contributed by atoms with Gasteiger partial charge in [0.1, 0.15) is 10.7 Å². The Morgan fingerprint density at radius 3 is 2.74 bits per heavy atom. The second-order valence-corrected chi connectivity index (χ2v) is 6.19. The molecule has 3 N–H and O–H groups in total. The molecule has 0 aliphatic carbocycles. The number of anilines is 2. The van der Waals surface area contributed by atoms with Crippen molar-refractivity contribution in [3.05, 3.63) is 21.0 Å². The summed E-state index contributed by atoms with van der Waals surface area (Å²) in [4.78, 5) is 22.7. The maximum atomic E-state index is 12.0. The highest BCUT2D eigenvalue weighted by atomic mass is 32.1. The first kappa shape index (κ1) is 13.8. The highest BCUT2D eigenvalue weighted by Crippen LogP contribution is 2.26. The van der Waals surface area contributed by atoms with E-state index in [4.69, 9.17) is 5.73 Å². The molecule has 0 fully saturated rings. The number of amides is 1. The van der Waals surface area contributed by atoms with E-state index in [9.17, 15) is 4.79 Å².